The van der Waals surface area contributed by atoms with Crippen molar-refractivity contribution in [2.75, 3.05) is 19.4 Å². The molecule has 0 saturated heterocycles. The molecule has 1 saturated carbocycles. The summed E-state index contributed by atoms with van der Waals surface area (Å²) >= 11 is 1.71. The number of aliphatic imine (C=N–C) groups is 1. The molecule has 1 fully saturated rings. The molecular weight excluding hydrogens is 404 g/mol. The third-order valence-corrected chi connectivity index (χ3v) is 5.91. The van der Waals surface area contributed by atoms with E-state index in [-0.39, 0.29) is 0 Å². The van der Waals surface area contributed by atoms with Gasteiger partial charge in [-0.3, -0.25) is 9.29 Å². The lowest BCUT2D eigenvalue weighted by Crippen LogP contribution is -2.41. The van der Waals surface area contributed by atoms with E-state index in [1.54, 1.807) is 18.1 Å². The molecule has 1 aromatic heterocycles. The normalized spacial score (nSPS) is 19.7. The third-order valence-electron chi connectivity index (χ3n) is 5.06. The number of fused-ring (bicyclic) bond motifs is 1. The summed E-state index contributed by atoms with van der Waals surface area (Å²) in [6.45, 7) is 4.00. The van der Waals surface area contributed by atoms with Crippen LogP contribution in [0.15, 0.2) is 82.3 Å². The highest BCUT2D eigenvalue weighted by molar-refractivity contribution is 7.97. The summed E-state index contributed by atoms with van der Waals surface area (Å²) in [5.41, 5.74) is 6.39. The maximum Gasteiger partial charge on any atom is 0.147 e. The van der Waals surface area contributed by atoms with E-state index in [9.17, 15) is 0 Å². The Labute approximate surface area is 189 Å². The van der Waals surface area contributed by atoms with Crippen LogP contribution in [0.25, 0.3) is 0 Å². The highest BCUT2D eigenvalue weighted by Gasteiger charge is 2.38. The van der Waals surface area contributed by atoms with Crippen LogP contribution >= 0.6 is 11.9 Å². The Bertz CT molecular complexity index is 977. The van der Waals surface area contributed by atoms with E-state index < -0.39 is 0 Å². The number of hydrazine groups is 1. The molecule has 0 spiro atoms. The largest absolute Gasteiger partial charge is 0.340 e. The molecule has 1 unspecified atom stereocenters. The molecule has 162 valence electrons. The molecule has 1 aliphatic carbocycles. The van der Waals surface area contributed by atoms with Gasteiger partial charge < -0.3 is 5.32 Å². The van der Waals surface area contributed by atoms with Crippen molar-refractivity contribution < 1.29 is 0 Å². The summed E-state index contributed by atoms with van der Waals surface area (Å²) in [6.07, 6.45) is 8.67. The lowest BCUT2D eigenvalue weighted by atomic mass is 10.2. The quantitative estimate of drug-likeness (QED) is 0.633. The molecule has 3 aliphatic rings. The van der Waals surface area contributed by atoms with Gasteiger partial charge in [0.05, 0.1) is 17.4 Å². The second-order valence-electron chi connectivity index (χ2n) is 7.65. The molecule has 0 radical (unpaired) electrons. The number of pyridine rings is 1. The van der Waals surface area contributed by atoms with Gasteiger partial charge in [0.1, 0.15) is 11.6 Å². The first-order valence-corrected chi connectivity index (χ1v) is 11.7. The number of aromatic nitrogens is 1. The van der Waals surface area contributed by atoms with Gasteiger partial charge in [-0.15, -0.1) is 0 Å². The van der Waals surface area contributed by atoms with Crippen LogP contribution in [-0.4, -0.2) is 40.1 Å². The molecule has 2 aromatic rings. The standard InChI is InChI=1S/C22H24N6S.C2H6/c1-27(2)29-17-10-8-16(9-11-17)24-21-14-20(18-5-3-4-12-23-18)25-22-13-19(15-6-7-15)26-28(21)22;1-2/h3-5,8-15,19,24,26H,6-7H2,1-2H3;1-2H3. The Balaban J connectivity index is 0.00000112. The van der Waals surface area contributed by atoms with Crippen molar-refractivity contribution in [1.82, 2.24) is 19.7 Å². The molecule has 3 heterocycles. The zero-order valence-corrected chi connectivity index (χ0v) is 19.4. The van der Waals surface area contributed by atoms with Gasteiger partial charge in [0.25, 0.3) is 0 Å². The molecule has 7 heteroatoms. The first-order chi connectivity index (χ1) is 15.2. The summed E-state index contributed by atoms with van der Waals surface area (Å²) in [4.78, 5) is 10.6. The van der Waals surface area contributed by atoms with Gasteiger partial charge in [0, 0.05) is 22.9 Å². The Kier molecular flexibility index (Phi) is 6.75. The van der Waals surface area contributed by atoms with Gasteiger partial charge in [-0.2, -0.15) is 0 Å². The monoisotopic (exact) mass is 434 g/mol. The number of hydrogen-bond acceptors (Lipinski definition) is 7. The topological polar surface area (TPSA) is 55.8 Å². The molecule has 0 amide bonds. The Morgan fingerprint density at radius 3 is 2.52 bits per heavy atom. The SMILES string of the molecule is CC.CN(C)Sc1ccc(NC2=CC(c3ccccn3)=NC3=CC(C4CC4)NN32)cc1. The first kappa shape index (κ1) is 21.6. The Morgan fingerprint density at radius 1 is 1.10 bits per heavy atom. The fourth-order valence-electron chi connectivity index (χ4n) is 3.51. The average molecular weight is 435 g/mol. The van der Waals surface area contributed by atoms with E-state index in [1.807, 2.05) is 46.1 Å². The molecule has 5 rings (SSSR count). The molecule has 0 bridgehead atoms. The van der Waals surface area contributed by atoms with Gasteiger partial charge >= 0.3 is 0 Å². The maximum absolute atomic E-state index is 4.87. The fourth-order valence-corrected chi connectivity index (χ4v) is 4.19. The maximum atomic E-state index is 4.87. The second-order valence-corrected chi connectivity index (χ2v) is 9.03. The van der Waals surface area contributed by atoms with Gasteiger partial charge in [-0.05, 0) is 87.3 Å². The van der Waals surface area contributed by atoms with Gasteiger partial charge in [-0.1, -0.05) is 19.9 Å². The number of nitrogens with zero attached hydrogens (tertiary/aromatic N) is 4. The summed E-state index contributed by atoms with van der Waals surface area (Å²) in [5, 5.41) is 5.63. The lowest BCUT2D eigenvalue weighted by molar-refractivity contribution is 0.304. The van der Waals surface area contributed by atoms with E-state index in [0.29, 0.717) is 12.0 Å². The predicted molar refractivity (Wildman–Crippen MR) is 129 cm³/mol. The number of rotatable bonds is 6. The first-order valence-electron chi connectivity index (χ1n) is 10.9. The van der Waals surface area contributed by atoms with E-state index in [4.69, 9.17) is 4.99 Å². The summed E-state index contributed by atoms with van der Waals surface area (Å²) in [7, 11) is 4.09. The van der Waals surface area contributed by atoms with Gasteiger partial charge in [0.2, 0.25) is 0 Å². The average Bonchev–Trinajstić information content (AvgIpc) is 3.55. The van der Waals surface area contributed by atoms with Crippen LogP contribution in [0, 0.1) is 5.92 Å². The molecular formula is C24H30N6S. The van der Waals surface area contributed by atoms with Crippen LogP contribution in [0.1, 0.15) is 32.4 Å². The van der Waals surface area contributed by atoms with Crippen LogP contribution in [0.2, 0.25) is 0 Å². The van der Waals surface area contributed by atoms with Gasteiger partial charge in [-0.25, -0.2) is 15.4 Å². The van der Waals surface area contributed by atoms with Crippen molar-refractivity contribution in [1.29, 1.82) is 0 Å². The smallest absolute Gasteiger partial charge is 0.147 e. The molecule has 1 aromatic carbocycles. The van der Waals surface area contributed by atoms with Crippen LogP contribution in [0.4, 0.5) is 5.69 Å². The number of allylic oxidation sites excluding steroid dienone is 1. The summed E-state index contributed by atoms with van der Waals surface area (Å²) in [5.74, 6) is 2.61. The highest BCUT2D eigenvalue weighted by atomic mass is 32.2. The number of nitrogens with one attached hydrogen (secondary N) is 2. The van der Waals surface area contributed by atoms with Crippen molar-refractivity contribution in [2.45, 2.75) is 37.6 Å². The lowest BCUT2D eigenvalue weighted by Gasteiger charge is -2.29. The molecule has 2 N–H and O–H groups in total. The zero-order valence-electron chi connectivity index (χ0n) is 18.5. The van der Waals surface area contributed by atoms with Crippen LogP contribution in [0.3, 0.4) is 0 Å². The van der Waals surface area contributed by atoms with Crippen molar-refractivity contribution in [3.63, 3.8) is 0 Å². The van der Waals surface area contributed by atoms with Crippen LogP contribution in [0.5, 0.6) is 0 Å². The minimum absolute atomic E-state index is 0.348. The molecule has 2 aliphatic heterocycles. The van der Waals surface area contributed by atoms with E-state index in [1.165, 1.54) is 17.7 Å². The Hall–Kier alpha value is -2.61. The van der Waals surface area contributed by atoms with Crippen molar-refractivity contribution >= 4 is 23.3 Å². The number of benzene rings is 1. The Morgan fingerprint density at radius 2 is 1.87 bits per heavy atom. The van der Waals surface area contributed by atoms with Crippen LogP contribution in [-0.2, 0) is 0 Å². The molecule has 1 atom stereocenters. The van der Waals surface area contributed by atoms with Gasteiger partial charge in [0.15, 0.2) is 0 Å². The molecule has 31 heavy (non-hydrogen) atoms. The van der Waals surface area contributed by atoms with Crippen molar-refractivity contribution in [3.8, 4) is 0 Å². The minimum Gasteiger partial charge on any atom is -0.340 e. The van der Waals surface area contributed by atoms with E-state index in [2.05, 4.69) is 61.5 Å². The van der Waals surface area contributed by atoms with Crippen molar-refractivity contribution in [3.05, 3.63) is 78.1 Å². The number of anilines is 1. The van der Waals surface area contributed by atoms with Crippen LogP contribution < -0.4 is 10.7 Å². The van der Waals surface area contributed by atoms with Crippen molar-refractivity contribution in [2.24, 2.45) is 10.9 Å². The predicted octanol–water partition coefficient (Wildman–Crippen LogP) is 4.87. The highest BCUT2D eigenvalue weighted by Crippen LogP contribution is 2.38. The van der Waals surface area contributed by atoms with E-state index >= 15 is 0 Å². The molecule has 6 nitrogen and oxygen atoms in total. The summed E-state index contributed by atoms with van der Waals surface area (Å²) in [6, 6.07) is 14.7. The number of hydrogen-bond donors (Lipinski definition) is 2. The fraction of sp³-hybridized carbons (Fsp3) is 0.333. The third kappa shape index (κ3) is 5.18. The van der Waals surface area contributed by atoms with E-state index in [0.717, 1.165) is 28.7 Å². The summed E-state index contributed by atoms with van der Waals surface area (Å²) < 4.78 is 2.09. The zero-order chi connectivity index (χ0) is 21.8. The minimum atomic E-state index is 0.348. The second kappa shape index (κ2) is 9.68.